The molecule has 0 bridgehead atoms. The van der Waals surface area contributed by atoms with Gasteiger partial charge in [-0.2, -0.15) is 13.2 Å². The van der Waals surface area contributed by atoms with Gasteiger partial charge in [-0.15, -0.1) is 0 Å². The van der Waals surface area contributed by atoms with E-state index in [0.29, 0.717) is 10.5 Å². The van der Waals surface area contributed by atoms with Gasteiger partial charge in [0.15, 0.2) is 9.84 Å². The zero-order chi connectivity index (χ0) is 16.7. The SMILES string of the molecule is Cc1ccc(N(C(=O)C(F)(F)F)[C@H]2C=CS(=O)(=O)C2)cc1Cl. The largest absolute Gasteiger partial charge is 0.471 e. The number of alkyl halides is 3. The Labute approximate surface area is 130 Å². The molecule has 0 unspecified atom stereocenters. The predicted octanol–water partition coefficient (Wildman–Crippen LogP) is 2.85. The van der Waals surface area contributed by atoms with Crippen molar-refractivity contribution in [2.24, 2.45) is 0 Å². The monoisotopic (exact) mass is 353 g/mol. The third-order valence-electron chi connectivity index (χ3n) is 3.14. The molecule has 1 heterocycles. The fourth-order valence-electron chi connectivity index (χ4n) is 2.05. The number of halogens is 4. The minimum atomic E-state index is -5.13. The maximum atomic E-state index is 12.8. The third-order valence-corrected chi connectivity index (χ3v) is 4.92. The normalized spacial score (nSPS) is 20.1. The number of hydrogen-bond acceptors (Lipinski definition) is 3. The second kappa shape index (κ2) is 5.58. The van der Waals surface area contributed by atoms with Gasteiger partial charge in [-0.05, 0) is 30.7 Å². The Morgan fingerprint density at radius 3 is 2.45 bits per heavy atom. The molecule has 1 aromatic rings. The second-order valence-corrected chi connectivity index (χ2v) is 7.17. The van der Waals surface area contributed by atoms with Crippen molar-refractivity contribution in [1.29, 1.82) is 0 Å². The summed E-state index contributed by atoms with van der Waals surface area (Å²) in [6, 6.07) is 2.74. The summed E-state index contributed by atoms with van der Waals surface area (Å²) < 4.78 is 61.3. The topological polar surface area (TPSA) is 54.5 Å². The first-order valence-corrected chi connectivity index (χ1v) is 8.18. The summed E-state index contributed by atoms with van der Waals surface area (Å²) in [4.78, 5) is 12.1. The molecule has 22 heavy (non-hydrogen) atoms. The fraction of sp³-hybridized carbons (Fsp3) is 0.308. The molecule has 1 amide bonds. The van der Waals surface area contributed by atoms with Crippen LogP contribution < -0.4 is 4.90 Å². The number of sulfone groups is 1. The lowest BCUT2D eigenvalue weighted by molar-refractivity contribution is -0.170. The van der Waals surface area contributed by atoms with E-state index < -0.39 is 33.7 Å². The summed E-state index contributed by atoms with van der Waals surface area (Å²) in [6.45, 7) is 1.65. The average molecular weight is 354 g/mol. The van der Waals surface area contributed by atoms with E-state index >= 15 is 0 Å². The lowest BCUT2D eigenvalue weighted by Crippen LogP contribution is -2.47. The number of aryl methyl sites for hydroxylation is 1. The molecule has 0 saturated heterocycles. The number of carbonyl (C=O) groups excluding carboxylic acids is 1. The maximum Gasteiger partial charge on any atom is 0.471 e. The molecule has 1 aliphatic rings. The number of carbonyl (C=O) groups is 1. The van der Waals surface area contributed by atoms with Crippen molar-refractivity contribution in [2.45, 2.75) is 19.1 Å². The van der Waals surface area contributed by atoms with Crippen LogP contribution in [0.3, 0.4) is 0 Å². The van der Waals surface area contributed by atoms with Crippen molar-refractivity contribution >= 4 is 33.0 Å². The van der Waals surface area contributed by atoms with Gasteiger partial charge in [0, 0.05) is 16.1 Å². The molecule has 0 radical (unpaired) electrons. The van der Waals surface area contributed by atoms with Crippen molar-refractivity contribution < 1.29 is 26.4 Å². The molecule has 0 fully saturated rings. The summed E-state index contributed by atoms with van der Waals surface area (Å²) in [6.07, 6.45) is -4.07. The minimum absolute atomic E-state index is 0.107. The maximum absolute atomic E-state index is 12.8. The lowest BCUT2D eigenvalue weighted by Gasteiger charge is -2.28. The van der Waals surface area contributed by atoms with Gasteiger partial charge in [0.25, 0.3) is 0 Å². The van der Waals surface area contributed by atoms with Crippen molar-refractivity contribution in [3.8, 4) is 0 Å². The number of nitrogens with zero attached hydrogens (tertiary/aromatic N) is 1. The van der Waals surface area contributed by atoms with E-state index in [1.807, 2.05) is 0 Å². The number of amides is 1. The Hall–Kier alpha value is -1.54. The van der Waals surface area contributed by atoms with Gasteiger partial charge >= 0.3 is 12.1 Å². The van der Waals surface area contributed by atoms with Crippen LogP contribution in [0.2, 0.25) is 5.02 Å². The molecular weight excluding hydrogens is 343 g/mol. The van der Waals surface area contributed by atoms with Gasteiger partial charge in [-0.3, -0.25) is 9.69 Å². The number of rotatable bonds is 2. The first kappa shape index (κ1) is 16.8. The van der Waals surface area contributed by atoms with E-state index in [4.69, 9.17) is 11.6 Å². The van der Waals surface area contributed by atoms with Crippen LogP contribution in [0.4, 0.5) is 18.9 Å². The first-order valence-electron chi connectivity index (χ1n) is 6.09. The fourth-order valence-corrected chi connectivity index (χ4v) is 3.49. The molecule has 0 spiro atoms. The van der Waals surface area contributed by atoms with Crippen LogP contribution in [0.1, 0.15) is 5.56 Å². The number of anilines is 1. The van der Waals surface area contributed by atoms with E-state index in [9.17, 15) is 26.4 Å². The van der Waals surface area contributed by atoms with Crippen LogP contribution in [0, 0.1) is 6.92 Å². The van der Waals surface area contributed by atoms with Gasteiger partial charge in [0.05, 0.1) is 11.8 Å². The predicted molar refractivity (Wildman–Crippen MR) is 76.4 cm³/mol. The van der Waals surface area contributed by atoms with Crippen molar-refractivity contribution in [1.82, 2.24) is 0 Å². The van der Waals surface area contributed by atoms with Crippen LogP contribution in [0.15, 0.2) is 29.7 Å². The van der Waals surface area contributed by atoms with Gasteiger partial charge in [0.1, 0.15) is 0 Å². The highest BCUT2D eigenvalue weighted by Crippen LogP contribution is 2.31. The highest BCUT2D eigenvalue weighted by molar-refractivity contribution is 7.94. The quantitative estimate of drug-likeness (QED) is 0.821. The molecule has 0 saturated carbocycles. The Morgan fingerprint density at radius 2 is 2.00 bits per heavy atom. The van der Waals surface area contributed by atoms with Crippen LogP contribution in [0.25, 0.3) is 0 Å². The van der Waals surface area contributed by atoms with E-state index in [-0.39, 0.29) is 10.7 Å². The molecule has 2 rings (SSSR count). The first-order chi connectivity index (χ1) is 10.0. The van der Waals surface area contributed by atoms with Crippen LogP contribution in [-0.2, 0) is 14.6 Å². The smallest absolute Gasteiger partial charge is 0.297 e. The molecule has 0 aromatic heterocycles. The van der Waals surface area contributed by atoms with E-state index in [1.165, 1.54) is 18.2 Å². The molecule has 1 aromatic carbocycles. The molecule has 1 atom stereocenters. The molecule has 0 aliphatic carbocycles. The van der Waals surface area contributed by atoms with E-state index in [1.54, 1.807) is 6.92 Å². The summed E-state index contributed by atoms with van der Waals surface area (Å²) >= 11 is 5.88. The van der Waals surface area contributed by atoms with Crippen LogP contribution in [0.5, 0.6) is 0 Å². The molecule has 0 N–H and O–H groups in total. The Balaban J connectivity index is 2.49. The van der Waals surface area contributed by atoms with Gasteiger partial charge in [-0.1, -0.05) is 17.7 Å². The standard InChI is InChI=1S/C13H11ClF3NO3S/c1-8-2-3-9(6-11(8)14)18(12(19)13(15,16)17)10-4-5-22(20,21)7-10/h2-6,10H,7H2,1H3/t10-/m0/s1. The summed E-state index contributed by atoms with van der Waals surface area (Å²) in [5, 5.41) is 0.992. The number of benzene rings is 1. The van der Waals surface area contributed by atoms with Gasteiger partial charge in [0.2, 0.25) is 0 Å². The second-order valence-electron chi connectivity index (χ2n) is 4.83. The average Bonchev–Trinajstić information content (AvgIpc) is 2.73. The molecule has 4 nitrogen and oxygen atoms in total. The molecule has 120 valence electrons. The van der Waals surface area contributed by atoms with E-state index in [2.05, 4.69) is 0 Å². The van der Waals surface area contributed by atoms with Crippen LogP contribution in [-0.4, -0.2) is 32.3 Å². The number of hydrogen-bond donors (Lipinski definition) is 0. The summed E-state index contributed by atoms with van der Waals surface area (Å²) in [5.74, 6) is -2.74. The summed E-state index contributed by atoms with van der Waals surface area (Å²) in [7, 11) is -3.62. The summed E-state index contributed by atoms with van der Waals surface area (Å²) in [5.41, 5.74) is 0.518. The van der Waals surface area contributed by atoms with Crippen molar-refractivity contribution in [3.05, 3.63) is 40.3 Å². The zero-order valence-corrected chi connectivity index (χ0v) is 12.8. The lowest BCUT2D eigenvalue weighted by atomic mass is 10.1. The van der Waals surface area contributed by atoms with E-state index in [0.717, 1.165) is 11.5 Å². The third kappa shape index (κ3) is 3.44. The van der Waals surface area contributed by atoms with Crippen LogP contribution >= 0.6 is 11.6 Å². The highest BCUT2D eigenvalue weighted by atomic mass is 35.5. The Bertz CT molecular complexity index is 743. The Kier molecular flexibility index (Phi) is 4.27. The highest BCUT2D eigenvalue weighted by Gasteiger charge is 2.46. The minimum Gasteiger partial charge on any atom is -0.297 e. The van der Waals surface area contributed by atoms with Gasteiger partial charge in [-0.25, -0.2) is 8.42 Å². The van der Waals surface area contributed by atoms with Gasteiger partial charge < -0.3 is 0 Å². The molecule has 1 aliphatic heterocycles. The zero-order valence-electron chi connectivity index (χ0n) is 11.3. The Morgan fingerprint density at radius 1 is 1.36 bits per heavy atom. The van der Waals surface area contributed by atoms with Crippen molar-refractivity contribution in [2.75, 3.05) is 10.7 Å². The molecule has 9 heteroatoms. The van der Waals surface area contributed by atoms with Crippen molar-refractivity contribution in [3.63, 3.8) is 0 Å². The molecular formula is C13H11ClF3NO3S.